The minimum atomic E-state index is -0.499. The lowest BCUT2D eigenvalue weighted by Crippen LogP contribution is -2.01. The van der Waals surface area contributed by atoms with E-state index in [0.29, 0.717) is 11.1 Å². The molecule has 0 unspecified atom stereocenters. The maximum atomic E-state index is 9.32. The molecule has 0 aliphatic carbocycles. The smallest absolute Gasteiger partial charge is 0.164 e. The average molecular weight is 735 g/mol. The third-order valence-electron chi connectivity index (χ3n) is 10.5. The summed E-state index contributed by atoms with van der Waals surface area (Å²) in [6, 6.07) is 49.9. The second-order valence-electron chi connectivity index (χ2n) is 13.9. The molecule has 266 valence electrons. The first-order valence-electron chi connectivity index (χ1n) is 22.1. The predicted octanol–water partition coefficient (Wildman–Crippen LogP) is 14.1. The van der Waals surface area contributed by atoms with Crippen molar-refractivity contribution in [2.24, 2.45) is 0 Å². The second-order valence-corrected chi connectivity index (χ2v) is 13.9. The van der Waals surface area contributed by atoms with Crippen LogP contribution in [0.25, 0.3) is 111 Å². The third-order valence-corrected chi connectivity index (χ3v) is 10.5. The Balaban J connectivity index is 1.13. The lowest BCUT2D eigenvalue weighted by molar-refractivity contribution is 0.669. The first kappa shape index (κ1) is 26.2. The van der Waals surface area contributed by atoms with Crippen molar-refractivity contribution in [2.75, 3.05) is 0 Å². The van der Waals surface area contributed by atoms with E-state index in [0.717, 1.165) is 44.2 Å². The largest absolute Gasteiger partial charge is 0.456 e. The maximum absolute atomic E-state index is 9.32. The van der Waals surface area contributed by atoms with Gasteiger partial charge in [-0.15, -0.1) is 0 Å². The normalized spacial score (nSPS) is 13.2. The van der Waals surface area contributed by atoms with Crippen molar-refractivity contribution in [1.82, 2.24) is 15.0 Å². The number of fused-ring (bicyclic) bond motifs is 5. The molecule has 0 aliphatic rings. The molecular formula is C53H33N3O. The number of aromatic nitrogens is 3. The molecule has 0 saturated carbocycles. The summed E-state index contributed by atoms with van der Waals surface area (Å²) in [5.74, 6) is 0.541. The number of para-hydroxylation sites is 1. The molecule has 4 nitrogen and oxygen atoms in total. The molecule has 0 radical (unpaired) electrons. The zero-order valence-corrected chi connectivity index (χ0v) is 30.3. The quantitative estimate of drug-likeness (QED) is 0.171. The molecule has 0 bridgehead atoms. The fourth-order valence-electron chi connectivity index (χ4n) is 7.69. The summed E-state index contributed by atoms with van der Waals surface area (Å²) < 4.78 is 67.5. The zero-order valence-electron chi connectivity index (χ0n) is 37.3. The van der Waals surface area contributed by atoms with E-state index >= 15 is 0 Å². The van der Waals surface area contributed by atoms with Gasteiger partial charge in [0.2, 0.25) is 0 Å². The Labute approximate surface area is 339 Å². The van der Waals surface area contributed by atoms with Gasteiger partial charge < -0.3 is 4.42 Å². The lowest BCUT2D eigenvalue weighted by atomic mass is 9.94. The van der Waals surface area contributed by atoms with E-state index in [9.17, 15) is 1.37 Å². The van der Waals surface area contributed by atoms with Gasteiger partial charge in [-0.2, -0.15) is 0 Å². The van der Waals surface area contributed by atoms with Crippen LogP contribution in [0.4, 0.5) is 0 Å². The van der Waals surface area contributed by atoms with E-state index in [2.05, 4.69) is 72.8 Å². The topological polar surface area (TPSA) is 51.8 Å². The van der Waals surface area contributed by atoms with Crippen molar-refractivity contribution in [3.63, 3.8) is 0 Å². The molecule has 2 heterocycles. The Hall–Kier alpha value is -7.69. The highest BCUT2D eigenvalue weighted by molar-refractivity contribution is 6.12. The van der Waals surface area contributed by atoms with Gasteiger partial charge in [0, 0.05) is 27.5 Å². The SMILES string of the molecule is [2H]c1c([2H])c([2H])c2c(oc3c([2H])c([2H])c([2H])c(-c4nc(-c5cccc(-c6ccc(-c7ccc8ccccc8c7)cc6)c5)nc(-c5ccc(-c6ccccc6)c6ccccc56)n4)c32)c1[2H]. The summed E-state index contributed by atoms with van der Waals surface area (Å²) in [5.41, 5.74) is 7.14. The van der Waals surface area contributed by atoms with Crippen molar-refractivity contribution in [3.05, 3.63) is 200 Å². The Bertz CT molecular complexity index is 3700. The number of rotatable bonds is 6. The first-order chi connectivity index (χ1) is 31.1. The van der Waals surface area contributed by atoms with Crippen LogP contribution in [-0.2, 0) is 0 Å². The molecule has 57 heavy (non-hydrogen) atoms. The molecule has 0 amide bonds. The van der Waals surface area contributed by atoms with Crippen LogP contribution in [0.2, 0.25) is 0 Å². The summed E-state index contributed by atoms with van der Waals surface area (Å²) in [5, 5.41) is 4.23. The minimum Gasteiger partial charge on any atom is -0.456 e. The molecule has 11 rings (SSSR count). The van der Waals surface area contributed by atoms with Crippen molar-refractivity contribution in [1.29, 1.82) is 0 Å². The van der Waals surface area contributed by atoms with Gasteiger partial charge in [0.05, 0.1) is 9.60 Å². The molecule has 2 aromatic heterocycles. The monoisotopic (exact) mass is 734 g/mol. The summed E-state index contributed by atoms with van der Waals surface area (Å²) in [7, 11) is 0. The van der Waals surface area contributed by atoms with Gasteiger partial charge in [0.1, 0.15) is 11.2 Å². The number of furan rings is 1. The van der Waals surface area contributed by atoms with E-state index in [1.54, 1.807) is 0 Å². The van der Waals surface area contributed by atoms with E-state index in [1.165, 1.54) is 10.8 Å². The molecule has 0 spiro atoms. The van der Waals surface area contributed by atoms with E-state index in [-0.39, 0.29) is 51.0 Å². The summed E-state index contributed by atoms with van der Waals surface area (Å²) in [6.07, 6.45) is 0. The van der Waals surface area contributed by atoms with E-state index in [1.807, 2.05) is 84.9 Å². The van der Waals surface area contributed by atoms with Gasteiger partial charge in [0.25, 0.3) is 0 Å². The van der Waals surface area contributed by atoms with Gasteiger partial charge in [-0.25, -0.2) is 15.0 Å². The Morgan fingerprint density at radius 3 is 1.77 bits per heavy atom. The molecule has 0 aliphatic heterocycles. The molecule has 0 atom stereocenters. The van der Waals surface area contributed by atoms with Crippen LogP contribution in [0.3, 0.4) is 0 Å². The van der Waals surface area contributed by atoms with E-state index < -0.39 is 36.3 Å². The van der Waals surface area contributed by atoms with Gasteiger partial charge >= 0.3 is 0 Å². The van der Waals surface area contributed by atoms with Crippen LogP contribution in [0, 0.1) is 0 Å². The third kappa shape index (κ3) is 5.83. The van der Waals surface area contributed by atoms with Crippen LogP contribution in [0.15, 0.2) is 204 Å². The summed E-state index contributed by atoms with van der Waals surface area (Å²) >= 11 is 0. The van der Waals surface area contributed by atoms with Crippen LogP contribution in [0.1, 0.15) is 9.60 Å². The molecular weight excluding hydrogens is 695 g/mol. The van der Waals surface area contributed by atoms with Crippen LogP contribution in [-0.4, -0.2) is 15.0 Å². The minimum absolute atomic E-state index is 0.00433. The van der Waals surface area contributed by atoms with Crippen LogP contribution >= 0.6 is 0 Å². The summed E-state index contributed by atoms with van der Waals surface area (Å²) in [4.78, 5) is 15.1. The molecule has 0 saturated heterocycles. The number of hydrogen-bond acceptors (Lipinski definition) is 4. The van der Waals surface area contributed by atoms with Crippen molar-refractivity contribution in [2.45, 2.75) is 0 Å². The van der Waals surface area contributed by atoms with Crippen LogP contribution in [0.5, 0.6) is 0 Å². The summed E-state index contributed by atoms with van der Waals surface area (Å²) in [6.45, 7) is 0. The number of benzene rings is 9. The van der Waals surface area contributed by atoms with Gasteiger partial charge in [0.15, 0.2) is 17.5 Å². The molecule has 0 N–H and O–H groups in total. The van der Waals surface area contributed by atoms with Gasteiger partial charge in [-0.3, -0.25) is 0 Å². The van der Waals surface area contributed by atoms with Crippen molar-refractivity contribution < 1.29 is 14.0 Å². The molecule has 11 aromatic rings. The number of hydrogen-bond donors (Lipinski definition) is 0. The van der Waals surface area contributed by atoms with Gasteiger partial charge in [-0.1, -0.05) is 170 Å². The lowest BCUT2D eigenvalue weighted by Gasteiger charge is -2.14. The van der Waals surface area contributed by atoms with Crippen LogP contribution < -0.4 is 0 Å². The highest BCUT2D eigenvalue weighted by Crippen LogP contribution is 2.39. The van der Waals surface area contributed by atoms with E-state index in [4.69, 9.17) is 27.6 Å². The second kappa shape index (κ2) is 13.6. The van der Waals surface area contributed by atoms with Crippen molar-refractivity contribution >= 4 is 43.5 Å². The standard InChI is InChI=1S/C53H33N3O/c1-2-13-37(14-3-1)42-30-31-45(44-19-7-6-18-43(42)44)52-54-51(55-53(56-52)47-21-11-23-49-50(47)46-20-8-9-22-48(46)57-49)41-17-10-16-39(33-41)35-24-26-36(27-25-35)40-29-28-34-12-4-5-15-38(34)32-40/h1-33H/i8D,9D,11D,20D,21D,22D,23D. The predicted molar refractivity (Wildman–Crippen MR) is 235 cm³/mol. The Kier molecular flexibility index (Phi) is 6.22. The highest BCUT2D eigenvalue weighted by Gasteiger charge is 2.19. The Morgan fingerprint density at radius 2 is 0.947 bits per heavy atom. The van der Waals surface area contributed by atoms with Gasteiger partial charge in [-0.05, 0) is 85.2 Å². The maximum Gasteiger partial charge on any atom is 0.164 e. The average Bonchev–Trinajstić information content (AvgIpc) is 3.75. The fourth-order valence-corrected chi connectivity index (χ4v) is 7.69. The Morgan fingerprint density at radius 1 is 0.351 bits per heavy atom. The fraction of sp³-hybridized carbons (Fsp3) is 0. The molecule has 9 aromatic carbocycles. The first-order valence-corrected chi connectivity index (χ1v) is 18.6. The zero-order chi connectivity index (χ0) is 43.8. The number of nitrogens with zero attached hydrogens (tertiary/aromatic N) is 3. The van der Waals surface area contributed by atoms with Crippen molar-refractivity contribution in [3.8, 4) is 67.5 Å². The molecule has 4 heteroatoms. The molecule has 0 fully saturated rings. The highest BCUT2D eigenvalue weighted by atomic mass is 16.3.